The van der Waals surface area contributed by atoms with E-state index in [0.29, 0.717) is 0 Å². The van der Waals surface area contributed by atoms with Crippen LogP contribution in [0.3, 0.4) is 0 Å². The van der Waals surface area contributed by atoms with Gasteiger partial charge in [0.05, 0.1) is 5.69 Å². The molecule has 0 aliphatic heterocycles. The van der Waals surface area contributed by atoms with Crippen molar-refractivity contribution in [3.63, 3.8) is 0 Å². The Morgan fingerprint density at radius 2 is 1.58 bits per heavy atom. The fraction of sp³-hybridized carbons (Fsp3) is 0.824. The molecular formula is C17H32N2. The molecule has 1 aromatic rings. The van der Waals surface area contributed by atoms with Gasteiger partial charge in [-0.15, -0.1) is 0 Å². The minimum absolute atomic E-state index is 0.271. The molecule has 0 aliphatic rings. The molecular weight excluding hydrogens is 232 g/mol. The normalized spacial score (nSPS) is 14.5. The van der Waals surface area contributed by atoms with Crippen LogP contribution in [0.1, 0.15) is 89.8 Å². The number of nitrogens with one attached hydrogen (secondary N) is 1. The fourth-order valence-electron chi connectivity index (χ4n) is 3.03. The fourth-order valence-corrected chi connectivity index (χ4v) is 3.03. The monoisotopic (exact) mass is 264 g/mol. The molecule has 110 valence electrons. The second-order valence-electron chi connectivity index (χ2n) is 6.25. The van der Waals surface area contributed by atoms with E-state index in [4.69, 9.17) is 0 Å². The third-order valence-corrected chi connectivity index (χ3v) is 4.32. The SMILES string of the molecule is CCCCCCC(C)(CCCCC)c1n[nH]cc1C. The van der Waals surface area contributed by atoms with Crippen molar-refractivity contribution < 1.29 is 0 Å². The van der Waals surface area contributed by atoms with Gasteiger partial charge in [0.15, 0.2) is 0 Å². The summed E-state index contributed by atoms with van der Waals surface area (Å²) in [5.41, 5.74) is 2.90. The van der Waals surface area contributed by atoms with Crippen LogP contribution in [0.25, 0.3) is 0 Å². The van der Waals surface area contributed by atoms with Gasteiger partial charge in [-0.05, 0) is 25.3 Å². The van der Waals surface area contributed by atoms with Crippen LogP contribution < -0.4 is 0 Å². The molecule has 1 unspecified atom stereocenters. The number of H-pyrrole nitrogens is 1. The molecule has 0 spiro atoms. The Kier molecular flexibility index (Phi) is 7.19. The number of rotatable bonds is 10. The molecule has 0 saturated carbocycles. The van der Waals surface area contributed by atoms with Gasteiger partial charge in [-0.2, -0.15) is 5.10 Å². The van der Waals surface area contributed by atoms with Gasteiger partial charge in [0.1, 0.15) is 0 Å². The summed E-state index contributed by atoms with van der Waals surface area (Å²) in [7, 11) is 0. The first kappa shape index (κ1) is 16.3. The van der Waals surface area contributed by atoms with Gasteiger partial charge in [-0.1, -0.05) is 65.7 Å². The van der Waals surface area contributed by atoms with Crippen LogP contribution in [0, 0.1) is 6.92 Å². The molecule has 19 heavy (non-hydrogen) atoms. The third kappa shape index (κ3) is 5.00. The Labute approximate surface area is 119 Å². The predicted molar refractivity (Wildman–Crippen MR) is 83.6 cm³/mol. The number of aryl methyl sites for hydroxylation is 1. The molecule has 1 heterocycles. The van der Waals surface area contributed by atoms with Gasteiger partial charge >= 0.3 is 0 Å². The van der Waals surface area contributed by atoms with E-state index in [1.54, 1.807) is 0 Å². The Morgan fingerprint density at radius 1 is 1.00 bits per heavy atom. The van der Waals surface area contributed by atoms with E-state index >= 15 is 0 Å². The van der Waals surface area contributed by atoms with Gasteiger partial charge < -0.3 is 0 Å². The van der Waals surface area contributed by atoms with Gasteiger partial charge in [-0.3, -0.25) is 5.10 Å². The van der Waals surface area contributed by atoms with E-state index in [-0.39, 0.29) is 5.41 Å². The summed E-state index contributed by atoms with van der Waals surface area (Å²) in [5, 5.41) is 7.59. The van der Waals surface area contributed by atoms with Crippen molar-refractivity contribution in [2.75, 3.05) is 0 Å². The van der Waals surface area contributed by atoms with Gasteiger partial charge in [-0.25, -0.2) is 0 Å². The Morgan fingerprint density at radius 3 is 2.11 bits per heavy atom. The zero-order valence-electron chi connectivity index (χ0n) is 13.4. The highest BCUT2D eigenvalue weighted by molar-refractivity contribution is 5.23. The van der Waals surface area contributed by atoms with Crippen LogP contribution in [0.15, 0.2) is 6.20 Å². The predicted octanol–water partition coefficient (Wildman–Crippen LogP) is 5.53. The topological polar surface area (TPSA) is 28.7 Å². The van der Waals surface area contributed by atoms with E-state index in [9.17, 15) is 0 Å². The van der Waals surface area contributed by atoms with Crippen LogP contribution in [0.4, 0.5) is 0 Å². The number of unbranched alkanes of at least 4 members (excludes halogenated alkanes) is 5. The van der Waals surface area contributed by atoms with Crippen molar-refractivity contribution in [2.24, 2.45) is 0 Å². The quantitative estimate of drug-likeness (QED) is 0.553. The summed E-state index contributed by atoms with van der Waals surface area (Å²) in [4.78, 5) is 0. The lowest BCUT2D eigenvalue weighted by molar-refractivity contribution is 0.355. The summed E-state index contributed by atoms with van der Waals surface area (Å²) < 4.78 is 0. The lowest BCUT2D eigenvalue weighted by Crippen LogP contribution is -2.23. The molecule has 0 fully saturated rings. The Bertz CT molecular complexity index is 343. The molecule has 1 rings (SSSR count). The van der Waals surface area contributed by atoms with E-state index in [1.165, 1.54) is 69.0 Å². The van der Waals surface area contributed by atoms with E-state index in [1.807, 2.05) is 6.20 Å². The minimum Gasteiger partial charge on any atom is -0.285 e. The van der Waals surface area contributed by atoms with Crippen LogP contribution >= 0.6 is 0 Å². The second-order valence-corrected chi connectivity index (χ2v) is 6.25. The number of hydrogen-bond acceptors (Lipinski definition) is 1. The summed E-state index contributed by atoms with van der Waals surface area (Å²) in [6.07, 6.45) is 13.9. The zero-order chi connectivity index (χ0) is 14.1. The standard InChI is InChI=1S/C17H32N2/c1-5-7-9-11-13-17(4,12-10-8-6-2)16-15(3)14-18-19-16/h14H,5-13H2,1-4H3,(H,18,19). The second kappa shape index (κ2) is 8.39. The molecule has 2 nitrogen and oxygen atoms in total. The van der Waals surface area contributed by atoms with Gasteiger partial charge in [0.25, 0.3) is 0 Å². The van der Waals surface area contributed by atoms with Crippen LogP contribution in [-0.2, 0) is 5.41 Å². The number of aromatic nitrogens is 2. The van der Waals surface area contributed by atoms with Crippen LogP contribution in [-0.4, -0.2) is 10.2 Å². The van der Waals surface area contributed by atoms with E-state index in [0.717, 1.165) is 0 Å². The first-order chi connectivity index (χ1) is 9.14. The molecule has 0 radical (unpaired) electrons. The molecule has 0 bridgehead atoms. The van der Waals surface area contributed by atoms with Gasteiger partial charge in [0, 0.05) is 11.6 Å². The largest absolute Gasteiger partial charge is 0.285 e. The first-order valence-electron chi connectivity index (χ1n) is 8.15. The average Bonchev–Trinajstić information content (AvgIpc) is 2.82. The lowest BCUT2D eigenvalue weighted by Gasteiger charge is -2.29. The number of aromatic amines is 1. The molecule has 1 N–H and O–H groups in total. The summed E-state index contributed by atoms with van der Waals surface area (Å²) in [6, 6.07) is 0. The van der Waals surface area contributed by atoms with Crippen molar-refractivity contribution in [3.05, 3.63) is 17.5 Å². The van der Waals surface area contributed by atoms with E-state index in [2.05, 4.69) is 37.9 Å². The average molecular weight is 264 g/mol. The van der Waals surface area contributed by atoms with Crippen molar-refractivity contribution in [2.45, 2.75) is 90.9 Å². The molecule has 0 saturated heterocycles. The number of nitrogens with zero attached hydrogens (tertiary/aromatic N) is 1. The number of hydrogen-bond donors (Lipinski definition) is 1. The Balaban J connectivity index is 2.64. The highest BCUT2D eigenvalue weighted by atomic mass is 15.1. The molecule has 0 aromatic carbocycles. The highest BCUT2D eigenvalue weighted by Gasteiger charge is 2.29. The van der Waals surface area contributed by atoms with Crippen molar-refractivity contribution in [3.8, 4) is 0 Å². The summed E-state index contributed by atoms with van der Waals surface area (Å²) >= 11 is 0. The first-order valence-corrected chi connectivity index (χ1v) is 8.15. The van der Waals surface area contributed by atoms with Crippen molar-refractivity contribution in [1.82, 2.24) is 10.2 Å². The maximum atomic E-state index is 4.54. The minimum atomic E-state index is 0.271. The molecule has 2 heteroatoms. The molecule has 0 aliphatic carbocycles. The highest BCUT2D eigenvalue weighted by Crippen LogP contribution is 2.35. The van der Waals surface area contributed by atoms with Gasteiger partial charge in [0.2, 0.25) is 0 Å². The third-order valence-electron chi connectivity index (χ3n) is 4.32. The summed E-state index contributed by atoms with van der Waals surface area (Å²) in [6.45, 7) is 9.15. The lowest BCUT2D eigenvalue weighted by atomic mass is 9.76. The molecule has 1 aromatic heterocycles. The van der Waals surface area contributed by atoms with Crippen molar-refractivity contribution in [1.29, 1.82) is 0 Å². The zero-order valence-corrected chi connectivity index (χ0v) is 13.4. The molecule has 0 amide bonds. The Hall–Kier alpha value is -0.790. The maximum Gasteiger partial charge on any atom is 0.0710 e. The van der Waals surface area contributed by atoms with E-state index < -0.39 is 0 Å². The van der Waals surface area contributed by atoms with Crippen LogP contribution in [0.5, 0.6) is 0 Å². The van der Waals surface area contributed by atoms with Crippen molar-refractivity contribution >= 4 is 0 Å². The smallest absolute Gasteiger partial charge is 0.0710 e. The maximum absolute atomic E-state index is 4.54. The molecule has 1 atom stereocenters. The van der Waals surface area contributed by atoms with Crippen LogP contribution in [0.2, 0.25) is 0 Å². The summed E-state index contributed by atoms with van der Waals surface area (Å²) in [5.74, 6) is 0.